The highest BCUT2D eigenvalue weighted by atomic mass is 79.9. The van der Waals surface area contributed by atoms with Crippen LogP contribution in [-0.4, -0.2) is 52.5 Å². The van der Waals surface area contributed by atoms with Gasteiger partial charge in [-0.1, -0.05) is 52.3 Å². The van der Waals surface area contributed by atoms with Gasteiger partial charge in [-0.2, -0.15) is 0 Å². The first-order valence-corrected chi connectivity index (χ1v) is 13.5. The lowest BCUT2D eigenvalue weighted by Gasteiger charge is -2.27. The topological polar surface area (TPSA) is 84.0 Å². The molecular formula is C28H23BrN2O5S. The standard InChI is InChI=1S/C28H23BrN2O5S/c29-20-11-12-23(36-27(34)22-10-6-8-18-7-2-3-9-21(18)22)19(15-20)16-24-26(33)31(28(35)37-24)17-25(32)30-13-4-1-5-14-30/h2-3,6-12,15-16H,1,4-5,13-14,17H2/b24-16-. The number of halogens is 1. The first-order chi connectivity index (χ1) is 17.9. The van der Waals surface area contributed by atoms with Crippen molar-refractivity contribution in [2.45, 2.75) is 19.3 Å². The number of amides is 3. The summed E-state index contributed by atoms with van der Waals surface area (Å²) in [4.78, 5) is 54.3. The average molecular weight is 579 g/mol. The molecule has 0 atom stereocenters. The van der Waals surface area contributed by atoms with E-state index in [-0.39, 0.29) is 23.1 Å². The number of piperidine rings is 1. The second-order valence-electron chi connectivity index (χ2n) is 8.81. The molecule has 0 radical (unpaired) electrons. The lowest BCUT2D eigenvalue weighted by Crippen LogP contribution is -2.44. The van der Waals surface area contributed by atoms with Crippen LogP contribution in [0.5, 0.6) is 5.75 Å². The van der Waals surface area contributed by atoms with Gasteiger partial charge in [0.15, 0.2) is 0 Å². The first kappa shape index (κ1) is 25.2. The molecule has 2 saturated heterocycles. The Bertz CT molecular complexity index is 1440. The third kappa shape index (κ3) is 5.47. The van der Waals surface area contributed by atoms with E-state index in [4.69, 9.17) is 4.74 Å². The number of hydrogen-bond acceptors (Lipinski definition) is 6. The SMILES string of the molecule is O=C(Oc1ccc(Br)cc1/C=C1\SC(=O)N(CC(=O)N2CCCCC2)C1=O)c1cccc2ccccc12. The number of hydrogen-bond donors (Lipinski definition) is 0. The Hall–Kier alpha value is -3.43. The number of carbonyl (C=O) groups is 4. The molecule has 37 heavy (non-hydrogen) atoms. The van der Waals surface area contributed by atoms with Gasteiger partial charge >= 0.3 is 5.97 Å². The van der Waals surface area contributed by atoms with Crippen molar-refractivity contribution < 1.29 is 23.9 Å². The highest BCUT2D eigenvalue weighted by molar-refractivity contribution is 9.10. The van der Waals surface area contributed by atoms with Crippen molar-refractivity contribution in [2.75, 3.05) is 19.6 Å². The number of rotatable bonds is 5. The zero-order valence-electron chi connectivity index (χ0n) is 19.8. The zero-order valence-corrected chi connectivity index (χ0v) is 22.2. The van der Waals surface area contributed by atoms with Crippen LogP contribution in [0.4, 0.5) is 4.79 Å². The van der Waals surface area contributed by atoms with Crippen LogP contribution in [0.25, 0.3) is 16.8 Å². The van der Waals surface area contributed by atoms with Crippen LogP contribution in [0, 0.1) is 0 Å². The summed E-state index contributed by atoms with van der Waals surface area (Å²) in [6, 6.07) is 18.0. The van der Waals surface area contributed by atoms with E-state index in [1.807, 2.05) is 30.3 Å². The molecule has 0 N–H and O–H groups in total. The Balaban J connectivity index is 1.38. The van der Waals surface area contributed by atoms with Crippen molar-refractivity contribution in [3.8, 4) is 5.75 Å². The highest BCUT2D eigenvalue weighted by Gasteiger charge is 2.37. The minimum absolute atomic E-state index is 0.164. The molecule has 188 valence electrons. The molecule has 7 nitrogen and oxygen atoms in total. The van der Waals surface area contributed by atoms with E-state index in [1.165, 1.54) is 6.08 Å². The van der Waals surface area contributed by atoms with Crippen molar-refractivity contribution in [3.05, 3.63) is 81.2 Å². The Morgan fingerprint density at radius 1 is 0.973 bits per heavy atom. The van der Waals surface area contributed by atoms with Crippen LogP contribution < -0.4 is 4.74 Å². The maximum Gasteiger partial charge on any atom is 0.344 e. The average Bonchev–Trinajstić information content (AvgIpc) is 3.17. The second kappa shape index (κ2) is 10.9. The summed E-state index contributed by atoms with van der Waals surface area (Å²) in [5.74, 6) is -1.05. The summed E-state index contributed by atoms with van der Waals surface area (Å²) >= 11 is 4.19. The van der Waals surface area contributed by atoms with E-state index in [1.54, 1.807) is 35.2 Å². The highest BCUT2D eigenvalue weighted by Crippen LogP contribution is 2.35. The molecule has 0 aliphatic carbocycles. The Morgan fingerprint density at radius 3 is 2.54 bits per heavy atom. The molecule has 0 bridgehead atoms. The third-order valence-electron chi connectivity index (χ3n) is 6.35. The van der Waals surface area contributed by atoms with Gasteiger partial charge in [0.25, 0.3) is 11.1 Å². The lowest BCUT2D eigenvalue weighted by atomic mass is 10.0. The maximum atomic E-state index is 13.1. The maximum absolute atomic E-state index is 13.1. The fourth-order valence-corrected chi connectivity index (χ4v) is 5.65. The molecule has 0 saturated carbocycles. The smallest absolute Gasteiger partial charge is 0.344 e. The number of likely N-dealkylation sites (tertiary alicyclic amines) is 1. The van der Waals surface area contributed by atoms with E-state index in [9.17, 15) is 19.2 Å². The van der Waals surface area contributed by atoms with Crippen molar-refractivity contribution in [1.82, 2.24) is 9.80 Å². The number of esters is 1. The summed E-state index contributed by atoms with van der Waals surface area (Å²) in [6.45, 7) is 1.02. The molecule has 0 aromatic heterocycles. The molecule has 0 unspecified atom stereocenters. The second-order valence-corrected chi connectivity index (χ2v) is 10.7. The first-order valence-electron chi connectivity index (χ1n) is 11.9. The number of thioether (sulfide) groups is 1. The molecule has 2 fully saturated rings. The van der Waals surface area contributed by atoms with Crippen LogP contribution >= 0.6 is 27.7 Å². The largest absolute Gasteiger partial charge is 0.422 e. The summed E-state index contributed by atoms with van der Waals surface area (Å²) in [5, 5.41) is 1.19. The molecule has 0 spiro atoms. The van der Waals surface area contributed by atoms with E-state index < -0.39 is 17.1 Å². The normalized spacial score (nSPS) is 17.1. The number of fused-ring (bicyclic) bond motifs is 1. The molecule has 3 aromatic carbocycles. The van der Waals surface area contributed by atoms with Crippen molar-refractivity contribution in [3.63, 3.8) is 0 Å². The van der Waals surface area contributed by atoms with Crippen LogP contribution in [0.1, 0.15) is 35.2 Å². The van der Waals surface area contributed by atoms with Gasteiger partial charge in [-0.3, -0.25) is 19.3 Å². The van der Waals surface area contributed by atoms with Crippen molar-refractivity contribution in [1.29, 1.82) is 0 Å². The van der Waals surface area contributed by atoms with Gasteiger partial charge in [0.05, 0.1) is 10.5 Å². The van der Waals surface area contributed by atoms with Crippen LogP contribution in [0.15, 0.2) is 70.0 Å². The van der Waals surface area contributed by atoms with E-state index >= 15 is 0 Å². The Labute approximate surface area is 226 Å². The van der Waals surface area contributed by atoms with Crippen molar-refractivity contribution >= 4 is 67.6 Å². The fourth-order valence-electron chi connectivity index (χ4n) is 4.44. The fraction of sp³-hybridized carbons (Fsp3) is 0.214. The lowest BCUT2D eigenvalue weighted by molar-refractivity contribution is -0.136. The van der Waals surface area contributed by atoms with Gasteiger partial charge in [-0.05, 0) is 72.1 Å². The number of imide groups is 1. The monoisotopic (exact) mass is 578 g/mol. The minimum atomic E-state index is -0.535. The molecule has 2 heterocycles. The number of nitrogens with zero attached hydrogens (tertiary/aromatic N) is 2. The summed E-state index contributed by atoms with van der Waals surface area (Å²) < 4.78 is 6.46. The van der Waals surface area contributed by atoms with Gasteiger partial charge < -0.3 is 9.64 Å². The number of benzene rings is 3. The third-order valence-corrected chi connectivity index (χ3v) is 7.75. The van der Waals surface area contributed by atoms with E-state index in [2.05, 4.69) is 15.9 Å². The van der Waals surface area contributed by atoms with Gasteiger partial charge in [-0.15, -0.1) is 0 Å². The Morgan fingerprint density at radius 2 is 1.73 bits per heavy atom. The summed E-state index contributed by atoms with van der Waals surface area (Å²) in [5.41, 5.74) is 0.874. The van der Waals surface area contributed by atoms with Gasteiger partial charge in [-0.25, -0.2) is 4.79 Å². The molecule has 5 rings (SSSR count). The molecule has 3 amide bonds. The van der Waals surface area contributed by atoms with E-state index in [0.29, 0.717) is 28.7 Å². The molecule has 3 aromatic rings. The number of ether oxygens (including phenoxy) is 1. The van der Waals surface area contributed by atoms with Crippen molar-refractivity contribution in [2.24, 2.45) is 0 Å². The predicted octanol–water partition coefficient (Wildman–Crippen LogP) is 5.87. The minimum Gasteiger partial charge on any atom is -0.422 e. The predicted molar refractivity (Wildman–Crippen MR) is 146 cm³/mol. The van der Waals surface area contributed by atoms with Gasteiger partial charge in [0.2, 0.25) is 5.91 Å². The molecule has 2 aliphatic heterocycles. The van der Waals surface area contributed by atoms with Gasteiger partial charge in [0.1, 0.15) is 12.3 Å². The summed E-state index contributed by atoms with van der Waals surface area (Å²) in [7, 11) is 0. The quantitative estimate of drug-likeness (QED) is 0.214. The molecule has 9 heteroatoms. The molecule has 2 aliphatic rings. The van der Waals surface area contributed by atoms with Crippen LogP contribution in [0.2, 0.25) is 0 Å². The van der Waals surface area contributed by atoms with Crippen LogP contribution in [-0.2, 0) is 9.59 Å². The number of carbonyl (C=O) groups excluding carboxylic acids is 4. The summed E-state index contributed by atoms with van der Waals surface area (Å²) in [6.07, 6.45) is 4.45. The molecular weight excluding hydrogens is 556 g/mol. The van der Waals surface area contributed by atoms with E-state index in [0.717, 1.165) is 46.7 Å². The van der Waals surface area contributed by atoms with Crippen LogP contribution in [0.3, 0.4) is 0 Å². The zero-order chi connectivity index (χ0) is 25.9. The van der Waals surface area contributed by atoms with Gasteiger partial charge in [0, 0.05) is 23.1 Å². The Kier molecular flexibility index (Phi) is 7.43.